The summed E-state index contributed by atoms with van der Waals surface area (Å²) in [5.74, 6) is 0.661. The first kappa shape index (κ1) is 11.9. The average Bonchev–Trinajstić information content (AvgIpc) is 2.99. The molecule has 16 heavy (non-hydrogen) atoms. The van der Waals surface area contributed by atoms with Gasteiger partial charge in [-0.2, -0.15) is 0 Å². The normalized spacial score (nSPS) is 24.6. The number of nitrogens with two attached hydrogens (primary N) is 1. The van der Waals surface area contributed by atoms with Crippen LogP contribution < -0.4 is 11.1 Å². The fourth-order valence-electron chi connectivity index (χ4n) is 2.26. The molecule has 1 amide bonds. The molecule has 0 spiro atoms. The molecule has 2 aliphatic rings. The number of hydrogen-bond acceptors (Lipinski definition) is 3. The van der Waals surface area contributed by atoms with Crippen molar-refractivity contribution in [1.29, 1.82) is 0 Å². The third-order valence-electron chi connectivity index (χ3n) is 3.95. The summed E-state index contributed by atoms with van der Waals surface area (Å²) in [4.78, 5) is 11.6. The smallest absolute Gasteiger partial charge is 0.221 e. The molecule has 4 heteroatoms. The van der Waals surface area contributed by atoms with Crippen molar-refractivity contribution in [3.63, 3.8) is 0 Å². The van der Waals surface area contributed by atoms with Gasteiger partial charge in [0.05, 0.1) is 5.60 Å². The number of ether oxygens (including phenoxy) is 1. The van der Waals surface area contributed by atoms with E-state index in [1.807, 2.05) is 0 Å². The van der Waals surface area contributed by atoms with E-state index in [-0.39, 0.29) is 17.6 Å². The minimum Gasteiger partial charge on any atom is -0.376 e. The molecule has 0 radical (unpaired) electrons. The van der Waals surface area contributed by atoms with Crippen molar-refractivity contribution >= 4 is 5.91 Å². The lowest BCUT2D eigenvalue weighted by atomic mass is 9.80. The maximum absolute atomic E-state index is 11.6. The van der Waals surface area contributed by atoms with E-state index < -0.39 is 0 Å². The highest BCUT2D eigenvalue weighted by atomic mass is 16.5. The standard InChI is InChI=1S/C12H22N2O2/c1-16-12(5-2-6-12)8-14-11(15)7-10(13)9-3-4-9/h9-10H,2-8,13H2,1H3,(H,14,15). The van der Waals surface area contributed by atoms with Crippen molar-refractivity contribution in [2.75, 3.05) is 13.7 Å². The Morgan fingerprint density at radius 1 is 1.56 bits per heavy atom. The molecule has 2 rings (SSSR count). The largest absolute Gasteiger partial charge is 0.376 e. The summed E-state index contributed by atoms with van der Waals surface area (Å²) in [5, 5.41) is 2.95. The van der Waals surface area contributed by atoms with Crippen LogP contribution >= 0.6 is 0 Å². The van der Waals surface area contributed by atoms with Crippen LogP contribution in [0.3, 0.4) is 0 Å². The Hall–Kier alpha value is -0.610. The van der Waals surface area contributed by atoms with E-state index >= 15 is 0 Å². The van der Waals surface area contributed by atoms with Crippen LogP contribution in [0, 0.1) is 5.92 Å². The molecule has 92 valence electrons. The summed E-state index contributed by atoms with van der Waals surface area (Å²) in [6.45, 7) is 0.639. The number of amides is 1. The highest BCUT2D eigenvalue weighted by molar-refractivity contribution is 5.76. The van der Waals surface area contributed by atoms with Crippen LogP contribution in [-0.4, -0.2) is 31.2 Å². The molecule has 1 unspecified atom stereocenters. The first-order valence-electron chi connectivity index (χ1n) is 6.23. The zero-order valence-electron chi connectivity index (χ0n) is 10.00. The van der Waals surface area contributed by atoms with Gasteiger partial charge in [0, 0.05) is 26.1 Å². The van der Waals surface area contributed by atoms with Crippen molar-refractivity contribution in [3.8, 4) is 0 Å². The van der Waals surface area contributed by atoms with E-state index in [1.54, 1.807) is 7.11 Å². The first-order valence-corrected chi connectivity index (χ1v) is 6.23. The van der Waals surface area contributed by atoms with Crippen molar-refractivity contribution < 1.29 is 9.53 Å². The second kappa shape index (κ2) is 4.72. The van der Waals surface area contributed by atoms with E-state index in [2.05, 4.69) is 5.32 Å². The van der Waals surface area contributed by atoms with Crippen molar-refractivity contribution in [3.05, 3.63) is 0 Å². The summed E-state index contributed by atoms with van der Waals surface area (Å²) in [6.07, 6.45) is 6.15. The van der Waals surface area contributed by atoms with Crippen LogP contribution in [0.25, 0.3) is 0 Å². The summed E-state index contributed by atoms with van der Waals surface area (Å²) in [6, 6.07) is 0.0554. The first-order chi connectivity index (χ1) is 7.65. The number of methoxy groups -OCH3 is 1. The molecular formula is C12H22N2O2. The summed E-state index contributed by atoms with van der Waals surface area (Å²) in [7, 11) is 1.72. The highest BCUT2D eigenvalue weighted by Crippen LogP contribution is 2.34. The van der Waals surface area contributed by atoms with E-state index in [0.29, 0.717) is 18.9 Å². The number of nitrogens with one attached hydrogen (secondary N) is 1. The number of rotatable bonds is 6. The lowest BCUT2D eigenvalue weighted by Gasteiger charge is -2.40. The van der Waals surface area contributed by atoms with Crippen LogP contribution in [0.15, 0.2) is 0 Å². The van der Waals surface area contributed by atoms with E-state index in [0.717, 1.165) is 12.8 Å². The zero-order chi connectivity index (χ0) is 11.6. The third kappa shape index (κ3) is 2.74. The van der Waals surface area contributed by atoms with Crippen molar-refractivity contribution in [2.45, 2.75) is 50.2 Å². The van der Waals surface area contributed by atoms with Gasteiger partial charge in [0.1, 0.15) is 0 Å². The molecule has 1 atom stereocenters. The SMILES string of the molecule is COC1(CNC(=O)CC(N)C2CC2)CCC1. The minimum atomic E-state index is -0.0840. The number of carbonyl (C=O) groups excluding carboxylic acids is 1. The maximum atomic E-state index is 11.6. The lowest BCUT2D eigenvalue weighted by Crippen LogP contribution is -2.50. The Morgan fingerprint density at radius 2 is 2.25 bits per heavy atom. The molecule has 0 aromatic heterocycles. The van der Waals surface area contributed by atoms with Crippen LogP contribution in [0.2, 0.25) is 0 Å². The van der Waals surface area contributed by atoms with Gasteiger partial charge in [0.25, 0.3) is 0 Å². The van der Waals surface area contributed by atoms with Crippen LogP contribution in [0.4, 0.5) is 0 Å². The second-order valence-corrected chi connectivity index (χ2v) is 5.22. The fraction of sp³-hybridized carbons (Fsp3) is 0.917. The van der Waals surface area contributed by atoms with E-state index in [9.17, 15) is 4.79 Å². The molecule has 0 saturated heterocycles. The van der Waals surface area contributed by atoms with Crippen molar-refractivity contribution in [2.24, 2.45) is 11.7 Å². The predicted octanol–water partition coefficient (Wildman–Crippen LogP) is 0.799. The molecular weight excluding hydrogens is 204 g/mol. The van der Waals surface area contributed by atoms with Gasteiger partial charge < -0.3 is 15.8 Å². The second-order valence-electron chi connectivity index (χ2n) is 5.22. The molecule has 2 saturated carbocycles. The molecule has 3 N–H and O–H groups in total. The molecule has 0 heterocycles. The topological polar surface area (TPSA) is 64.3 Å². The molecule has 0 aliphatic heterocycles. The van der Waals surface area contributed by atoms with E-state index in [4.69, 9.17) is 10.5 Å². The quantitative estimate of drug-likeness (QED) is 0.704. The average molecular weight is 226 g/mol. The molecule has 0 aromatic carbocycles. The van der Waals surface area contributed by atoms with Gasteiger partial charge in [-0.15, -0.1) is 0 Å². The Morgan fingerprint density at radius 3 is 2.69 bits per heavy atom. The predicted molar refractivity (Wildman–Crippen MR) is 61.9 cm³/mol. The van der Waals surface area contributed by atoms with Gasteiger partial charge in [-0.3, -0.25) is 4.79 Å². The highest BCUT2D eigenvalue weighted by Gasteiger charge is 2.37. The monoisotopic (exact) mass is 226 g/mol. The fourth-order valence-corrected chi connectivity index (χ4v) is 2.26. The van der Waals surface area contributed by atoms with Gasteiger partial charge in [-0.1, -0.05) is 0 Å². The van der Waals surface area contributed by atoms with Crippen molar-refractivity contribution in [1.82, 2.24) is 5.32 Å². The number of carbonyl (C=O) groups is 1. The Kier molecular flexibility index (Phi) is 3.50. The number of hydrogen-bond donors (Lipinski definition) is 2. The minimum absolute atomic E-state index is 0.0554. The zero-order valence-corrected chi connectivity index (χ0v) is 10.00. The third-order valence-corrected chi connectivity index (χ3v) is 3.95. The van der Waals surface area contributed by atoms with Gasteiger partial charge >= 0.3 is 0 Å². The molecule has 2 fully saturated rings. The van der Waals surface area contributed by atoms with Gasteiger partial charge in [0.15, 0.2) is 0 Å². The summed E-state index contributed by atoms with van der Waals surface area (Å²) in [5.41, 5.74) is 5.82. The summed E-state index contributed by atoms with van der Waals surface area (Å²) >= 11 is 0. The van der Waals surface area contributed by atoms with Crippen LogP contribution in [0.1, 0.15) is 38.5 Å². The van der Waals surface area contributed by atoms with Gasteiger partial charge in [-0.05, 0) is 38.0 Å². The summed E-state index contributed by atoms with van der Waals surface area (Å²) < 4.78 is 5.44. The van der Waals surface area contributed by atoms with E-state index in [1.165, 1.54) is 19.3 Å². The molecule has 4 nitrogen and oxygen atoms in total. The van der Waals surface area contributed by atoms with Gasteiger partial charge in [0.2, 0.25) is 5.91 Å². The molecule has 0 bridgehead atoms. The van der Waals surface area contributed by atoms with Crippen LogP contribution in [0.5, 0.6) is 0 Å². The lowest BCUT2D eigenvalue weighted by molar-refractivity contribution is -0.125. The Labute approximate surface area is 96.9 Å². The molecule has 2 aliphatic carbocycles. The van der Waals surface area contributed by atoms with Crippen LogP contribution in [-0.2, 0) is 9.53 Å². The van der Waals surface area contributed by atoms with Gasteiger partial charge in [-0.25, -0.2) is 0 Å². The maximum Gasteiger partial charge on any atom is 0.221 e. The Bertz CT molecular complexity index is 254. The Balaban J connectivity index is 1.66. The molecule has 0 aromatic rings.